The zero-order valence-corrected chi connectivity index (χ0v) is 35.3. The van der Waals surface area contributed by atoms with E-state index in [0.717, 1.165) is 38.0 Å². The molecule has 0 aliphatic rings. The van der Waals surface area contributed by atoms with Crippen LogP contribution in [0.15, 0.2) is 48.6 Å². The van der Waals surface area contributed by atoms with Crippen LogP contribution in [-0.2, 0) is 28.2 Å². The SMILES string of the molecule is CCCCC/C=C\C=C/[C@@H](O)C/C=C\C/C=C/CCCC(=O)OC[C@H](COP(=O)(O)O)OC(=O)CCCCCCCCCCCCCCCCC(C)CC. The van der Waals surface area contributed by atoms with Crippen LogP contribution < -0.4 is 0 Å². The average Bonchev–Trinajstić information content (AvgIpc) is 3.14. The standard InChI is InChI=1S/C44H79O9P/c1-4-6-7-8-18-24-29-34-41(45)35-30-25-20-17-22-26-31-36-43(46)51-38-42(39-52-54(48,49)50)53-44(47)37-32-27-21-16-14-12-10-9-11-13-15-19-23-28-33-40(3)5-2/h17-18,22,24-25,29-30,34,40-42,45H,4-16,19-21,23,26-28,31-33,35-39H2,1-3H3,(H2,48,49,50)/b22-17+,24-18-,30-25-,34-29-/t40?,41-,42-/m1/s1. The van der Waals surface area contributed by atoms with Gasteiger partial charge in [-0.15, -0.1) is 0 Å². The Kier molecular flexibility index (Phi) is 36.4. The number of carbonyl (C=O) groups excluding carboxylic acids is 2. The highest BCUT2D eigenvalue weighted by Gasteiger charge is 2.22. The molecule has 0 spiro atoms. The quantitative estimate of drug-likeness (QED) is 0.0183. The first-order valence-corrected chi connectivity index (χ1v) is 23.0. The summed E-state index contributed by atoms with van der Waals surface area (Å²) < 4.78 is 26.3. The number of hydrogen-bond donors (Lipinski definition) is 3. The highest BCUT2D eigenvalue weighted by Crippen LogP contribution is 2.36. The minimum atomic E-state index is -4.78. The summed E-state index contributed by atoms with van der Waals surface area (Å²) in [6.07, 6.45) is 41.4. The van der Waals surface area contributed by atoms with Gasteiger partial charge in [0.15, 0.2) is 6.10 Å². The number of phosphoric acid groups is 1. The van der Waals surface area contributed by atoms with E-state index < -0.39 is 38.6 Å². The van der Waals surface area contributed by atoms with Crippen LogP contribution in [0, 0.1) is 5.92 Å². The van der Waals surface area contributed by atoms with E-state index in [1.807, 2.05) is 36.5 Å². The molecule has 0 heterocycles. The van der Waals surface area contributed by atoms with Crippen molar-refractivity contribution in [1.82, 2.24) is 0 Å². The normalized spacial score (nSPS) is 14.1. The summed E-state index contributed by atoms with van der Waals surface area (Å²) in [5.74, 6) is -0.115. The van der Waals surface area contributed by atoms with E-state index in [9.17, 15) is 19.3 Å². The Labute approximate surface area is 329 Å². The molecule has 0 amide bonds. The van der Waals surface area contributed by atoms with Gasteiger partial charge in [0.25, 0.3) is 0 Å². The van der Waals surface area contributed by atoms with Crippen LogP contribution in [0.4, 0.5) is 0 Å². The van der Waals surface area contributed by atoms with Crippen LogP contribution in [-0.4, -0.2) is 52.3 Å². The molecule has 1 unspecified atom stereocenters. The topological polar surface area (TPSA) is 140 Å². The molecule has 314 valence electrons. The predicted molar refractivity (Wildman–Crippen MR) is 222 cm³/mol. The van der Waals surface area contributed by atoms with Crippen LogP contribution in [0.5, 0.6) is 0 Å². The van der Waals surface area contributed by atoms with Gasteiger partial charge in [-0.25, -0.2) is 4.57 Å². The van der Waals surface area contributed by atoms with Crippen molar-refractivity contribution in [3.63, 3.8) is 0 Å². The second-order valence-corrected chi connectivity index (χ2v) is 16.0. The van der Waals surface area contributed by atoms with Gasteiger partial charge in [-0.05, 0) is 50.9 Å². The van der Waals surface area contributed by atoms with Crippen molar-refractivity contribution in [2.45, 2.75) is 200 Å². The zero-order chi connectivity index (χ0) is 40.0. The Hall–Kier alpha value is -2.03. The molecule has 10 heteroatoms. The van der Waals surface area contributed by atoms with Crippen LogP contribution in [0.2, 0.25) is 0 Å². The Morgan fingerprint density at radius 1 is 0.648 bits per heavy atom. The number of esters is 2. The minimum absolute atomic E-state index is 0.157. The summed E-state index contributed by atoms with van der Waals surface area (Å²) >= 11 is 0. The molecule has 0 aromatic heterocycles. The van der Waals surface area contributed by atoms with Gasteiger partial charge in [-0.1, -0.05) is 179 Å². The number of rotatable bonds is 38. The van der Waals surface area contributed by atoms with E-state index in [1.165, 1.54) is 96.3 Å². The van der Waals surface area contributed by atoms with Gasteiger partial charge < -0.3 is 24.4 Å². The lowest BCUT2D eigenvalue weighted by Crippen LogP contribution is -2.29. The molecular formula is C44H79O9P. The molecule has 0 aromatic carbocycles. The molecule has 9 nitrogen and oxygen atoms in total. The van der Waals surface area contributed by atoms with Crippen LogP contribution in [0.1, 0.15) is 188 Å². The fourth-order valence-electron chi connectivity index (χ4n) is 5.83. The third kappa shape index (κ3) is 39.7. The van der Waals surface area contributed by atoms with Crippen molar-refractivity contribution >= 4 is 19.8 Å². The summed E-state index contributed by atoms with van der Waals surface area (Å²) in [6.45, 7) is 5.91. The van der Waals surface area contributed by atoms with Gasteiger partial charge in [0, 0.05) is 12.8 Å². The summed E-state index contributed by atoms with van der Waals surface area (Å²) in [5, 5.41) is 10.0. The van der Waals surface area contributed by atoms with E-state index in [1.54, 1.807) is 6.08 Å². The van der Waals surface area contributed by atoms with Gasteiger partial charge in [-0.3, -0.25) is 14.1 Å². The second-order valence-electron chi connectivity index (χ2n) is 14.8. The monoisotopic (exact) mass is 783 g/mol. The molecule has 0 rings (SSSR count). The van der Waals surface area contributed by atoms with Crippen molar-refractivity contribution in [3.8, 4) is 0 Å². The van der Waals surface area contributed by atoms with Gasteiger partial charge >= 0.3 is 19.8 Å². The van der Waals surface area contributed by atoms with Crippen molar-refractivity contribution in [1.29, 1.82) is 0 Å². The predicted octanol–water partition coefficient (Wildman–Crippen LogP) is 12.0. The van der Waals surface area contributed by atoms with E-state index in [-0.39, 0.29) is 19.4 Å². The third-order valence-electron chi connectivity index (χ3n) is 9.47. The fraction of sp³-hybridized carbons (Fsp3) is 0.773. The molecule has 3 N–H and O–H groups in total. The molecule has 0 aliphatic carbocycles. The van der Waals surface area contributed by atoms with Gasteiger partial charge in [0.1, 0.15) is 6.61 Å². The smallest absolute Gasteiger partial charge is 0.462 e. The molecule has 0 fully saturated rings. The maximum absolute atomic E-state index is 12.4. The summed E-state index contributed by atoms with van der Waals surface area (Å²) in [7, 11) is -4.78. The Bertz CT molecular complexity index is 1050. The lowest BCUT2D eigenvalue weighted by atomic mass is 9.99. The van der Waals surface area contributed by atoms with Crippen LogP contribution >= 0.6 is 7.82 Å². The number of aliphatic hydroxyl groups is 1. The summed E-state index contributed by atoms with van der Waals surface area (Å²) in [6, 6.07) is 0. The molecule has 0 bridgehead atoms. The first-order valence-electron chi connectivity index (χ1n) is 21.4. The molecule has 54 heavy (non-hydrogen) atoms. The Morgan fingerprint density at radius 3 is 1.83 bits per heavy atom. The molecule has 0 radical (unpaired) electrons. The van der Waals surface area contributed by atoms with E-state index in [4.69, 9.17) is 19.3 Å². The molecule has 0 saturated heterocycles. The first kappa shape index (κ1) is 52.0. The van der Waals surface area contributed by atoms with E-state index in [0.29, 0.717) is 25.7 Å². The fourth-order valence-corrected chi connectivity index (χ4v) is 6.19. The number of phosphoric ester groups is 1. The zero-order valence-electron chi connectivity index (χ0n) is 34.4. The van der Waals surface area contributed by atoms with Crippen molar-refractivity contribution < 1.29 is 43.0 Å². The number of hydrogen-bond acceptors (Lipinski definition) is 7. The number of aliphatic hydroxyl groups excluding tert-OH is 1. The highest BCUT2D eigenvalue weighted by atomic mass is 31.2. The Balaban J connectivity index is 4.05. The second kappa shape index (κ2) is 37.9. The molecule has 0 saturated carbocycles. The Morgan fingerprint density at radius 2 is 1.22 bits per heavy atom. The average molecular weight is 783 g/mol. The van der Waals surface area contributed by atoms with Crippen molar-refractivity contribution in [2.24, 2.45) is 5.92 Å². The van der Waals surface area contributed by atoms with Crippen molar-refractivity contribution in [3.05, 3.63) is 48.6 Å². The number of unbranched alkanes of at least 4 members (excludes halogenated alkanes) is 17. The highest BCUT2D eigenvalue weighted by molar-refractivity contribution is 7.46. The van der Waals surface area contributed by atoms with E-state index >= 15 is 0 Å². The number of allylic oxidation sites excluding steroid dienone is 6. The minimum Gasteiger partial charge on any atom is -0.462 e. The molecule has 3 atom stereocenters. The maximum atomic E-state index is 12.4. The summed E-state index contributed by atoms with van der Waals surface area (Å²) in [4.78, 5) is 42.9. The number of carbonyl (C=O) groups is 2. The van der Waals surface area contributed by atoms with Gasteiger partial charge in [-0.2, -0.15) is 0 Å². The largest absolute Gasteiger partial charge is 0.469 e. The maximum Gasteiger partial charge on any atom is 0.469 e. The molecular weight excluding hydrogens is 703 g/mol. The lowest BCUT2D eigenvalue weighted by Gasteiger charge is -2.18. The third-order valence-corrected chi connectivity index (χ3v) is 9.96. The first-order chi connectivity index (χ1) is 26.1. The lowest BCUT2D eigenvalue weighted by molar-refractivity contribution is -0.161. The molecule has 0 aromatic rings. The number of ether oxygens (including phenoxy) is 2. The van der Waals surface area contributed by atoms with Crippen LogP contribution in [0.25, 0.3) is 0 Å². The molecule has 0 aliphatic heterocycles. The van der Waals surface area contributed by atoms with Crippen molar-refractivity contribution in [2.75, 3.05) is 13.2 Å². The van der Waals surface area contributed by atoms with Gasteiger partial charge in [0.05, 0.1) is 12.7 Å². The van der Waals surface area contributed by atoms with Crippen LogP contribution in [0.3, 0.4) is 0 Å². The van der Waals surface area contributed by atoms with E-state index in [2.05, 4.69) is 31.4 Å². The summed E-state index contributed by atoms with van der Waals surface area (Å²) in [5.41, 5.74) is 0. The van der Waals surface area contributed by atoms with Gasteiger partial charge in [0.2, 0.25) is 0 Å².